The Kier molecular flexibility index (Phi) is 3.57. The van der Waals surface area contributed by atoms with E-state index in [-0.39, 0.29) is 0 Å². The molecule has 1 aromatic rings. The van der Waals surface area contributed by atoms with E-state index in [4.69, 9.17) is 0 Å². The second-order valence-electron chi connectivity index (χ2n) is 2.83. The Morgan fingerprint density at radius 3 is 2.69 bits per heavy atom. The van der Waals surface area contributed by atoms with Crippen molar-refractivity contribution in [2.24, 2.45) is 0 Å². The molecule has 0 bridgehead atoms. The molecule has 0 unspecified atom stereocenters. The van der Waals surface area contributed by atoms with Gasteiger partial charge in [0, 0.05) is 11.3 Å². The van der Waals surface area contributed by atoms with Crippen molar-refractivity contribution in [3.05, 3.63) is 17.5 Å². The summed E-state index contributed by atoms with van der Waals surface area (Å²) in [6.45, 7) is 6.80. The van der Waals surface area contributed by atoms with Crippen LogP contribution < -0.4 is 0 Å². The van der Waals surface area contributed by atoms with Gasteiger partial charge in [0.25, 0.3) is 0 Å². The molecule has 1 aromatic heterocycles. The van der Waals surface area contributed by atoms with Crippen LogP contribution in [0, 0.1) is 18.0 Å². The van der Waals surface area contributed by atoms with E-state index in [1.807, 2.05) is 11.6 Å². The van der Waals surface area contributed by atoms with Gasteiger partial charge in [0.15, 0.2) is 0 Å². The lowest BCUT2D eigenvalue weighted by Gasteiger charge is -2.02. The Balaban J connectivity index is 2.91. The van der Waals surface area contributed by atoms with Gasteiger partial charge in [-0.25, -0.2) is 0 Å². The lowest BCUT2D eigenvalue weighted by Crippen LogP contribution is -2.03. The van der Waals surface area contributed by atoms with E-state index in [1.165, 1.54) is 11.3 Å². The van der Waals surface area contributed by atoms with E-state index < -0.39 is 0 Å². The first-order chi connectivity index (χ1) is 6.33. The molecular formula is C11H15N2. The molecule has 0 fully saturated rings. The molecule has 1 rings (SSSR count). The number of hydrogen-bond acceptors (Lipinski definition) is 1. The summed E-state index contributed by atoms with van der Waals surface area (Å²) in [6, 6.07) is 0. The minimum Gasteiger partial charge on any atom is -0.257 e. The zero-order valence-electron chi connectivity index (χ0n) is 8.52. The Labute approximate surface area is 80.0 Å². The van der Waals surface area contributed by atoms with E-state index in [1.54, 1.807) is 0 Å². The average Bonchev–Trinajstić information content (AvgIpc) is 2.56. The summed E-state index contributed by atoms with van der Waals surface area (Å²) in [7, 11) is 0. The van der Waals surface area contributed by atoms with Gasteiger partial charge in [-0.05, 0) is 19.8 Å². The zero-order valence-corrected chi connectivity index (χ0v) is 8.52. The van der Waals surface area contributed by atoms with E-state index in [0.29, 0.717) is 6.54 Å². The van der Waals surface area contributed by atoms with E-state index in [0.717, 1.165) is 12.8 Å². The summed E-state index contributed by atoms with van der Waals surface area (Å²) >= 11 is 0. The first-order valence-corrected chi connectivity index (χ1v) is 4.69. The van der Waals surface area contributed by atoms with Crippen LogP contribution in [-0.4, -0.2) is 9.78 Å². The highest BCUT2D eigenvalue weighted by Gasteiger charge is 2.06. The van der Waals surface area contributed by atoms with Crippen molar-refractivity contribution in [3.8, 4) is 11.8 Å². The van der Waals surface area contributed by atoms with E-state index in [9.17, 15) is 0 Å². The highest BCUT2D eigenvalue weighted by molar-refractivity contribution is 5.17. The molecule has 0 spiro atoms. The van der Waals surface area contributed by atoms with Gasteiger partial charge in [0.05, 0.1) is 0 Å². The molecule has 0 aromatic carbocycles. The minimum absolute atomic E-state index is 0.691. The number of hydrogen-bond donors (Lipinski definition) is 0. The Hall–Kier alpha value is -1.23. The first-order valence-electron chi connectivity index (χ1n) is 4.69. The SMILES string of the molecule is CC#CCn1n[c]c(CC)c1CC. The van der Waals surface area contributed by atoms with Crippen molar-refractivity contribution in [2.75, 3.05) is 0 Å². The fourth-order valence-electron chi connectivity index (χ4n) is 1.37. The van der Waals surface area contributed by atoms with Crippen LogP contribution in [0.4, 0.5) is 0 Å². The van der Waals surface area contributed by atoms with E-state index in [2.05, 4.69) is 37.0 Å². The van der Waals surface area contributed by atoms with Gasteiger partial charge in [-0.2, -0.15) is 5.10 Å². The fourth-order valence-corrected chi connectivity index (χ4v) is 1.37. The molecule has 1 radical (unpaired) electrons. The number of nitrogens with zero attached hydrogens (tertiary/aromatic N) is 2. The van der Waals surface area contributed by atoms with Crippen molar-refractivity contribution in [2.45, 2.75) is 40.2 Å². The molecule has 69 valence electrons. The second-order valence-corrected chi connectivity index (χ2v) is 2.83. The molecule has 2 heteroatoms. The molecule has 2 nitrogen and oxygen atoms in total. The predicted octanol–water partition coefficient (Wildman–Crippen LogP) is 1.83. The maximum absolute atomic E-state index is 4.18. The van der Waals surface area contributed by atoms with Crippen LogP contribution in [0.5, 0.6) is 0 Å². The third-order valence-electron chi connectivity index (χ3n) is 2.06. The van der Waals surface area contributed by atoms with Crippen molar-refractivity contribution in [1.82, 2.24) is 9.78 Å². The fraction of sp³-hybridized carbons (Fsp3) is 0.545. The highest BCUT2D eigenvalue weighted by Crippen LogP contribution is 2.08. The molecule has 0 amide bonds. The molecule has 0 saturated carbocycles. The second kappa shape index (κ2) is 4.71. The van der Waals surface area contributed by atoms with Gasteiger partial charge >= 0.3 is 0 Å². The molecule has 0 aliphatic carbocycles. The summed E-state index contributed by atoms with van der Waals surface area (Å²) in [5.41, 5.74) is 2.49. The molecule has 0 aliphatic rings. The maximum atomic E-state index is 4.18. The lowest BCUT2D eigenvalue weighted by atomic mass is 10.1. The maximum Gasteiger partial charge on any atom is 0.116 e. The van der Waals surface area contributed by atoms with Crippen LogP contribution in [0.15, 0.2) is 0 Å². The van der Waals surface area contributed by atoms with E-state index >= 15 is 0 Å². The van der Waals surface area contributed by atoms with Crippen molar-refractivity contribution >= 4 is 0 Å². The predicted molar refractivity (Wildman–Crippen MR) is 53.3 cm³/mol. The van der Waals surface area contributed by atoms with Gasteiger partial charge in [0.2, 0.25) is 0 Å². The number of rotatable bonds is 3. The summed E-state index contributed by atoms with van der Waals surface area (Å²) in [4.78, 5) is 0. The molecule has 0 aliphatic heterocycles. The van der Waals surface area contributed by atoms with Crippen LogP contribution in [0.1, 0.15) is 32.0 Å². The van der Waals surface area contributed by atoms with Gasteiger partial charge in [-0.15, -0.1) is 5.92 Å². The summed E-state index contributed by atoms with van der Waals surface area (Å²) in [5, 5.41) is 4.18. The van der Waals surface area contributed by atoms with Gasteiger partial charge in [-0.1, -0.05) is 19.8 Å². The zero-order chi connectivity index (χ0) is 9.68. The Morgan fingerprint density at radius 2 is 2.15 bits per heavy atom. The smallest absolute Gasteiger partial charge is 0.116 e. The highest BCUT2D eigenvalue weighted by atomic mass is 15.3. The van der Waals surface area contributed by atoms with Crippen LogP contribution in [0.2, 0.25) is 0 Å². The van der Waals surface area contributed by atoms with Crippen molar-refractivity contribution < 1.29 is 0 Å². The Morgan fingerprint density at radius 1 is 1.38 bits per heavy atom. The molecule has 1 heterocycles. The molecular weight excluding hydrogens is 160 g/mol. The van der Waals surface area contributed by atoms with Crippen LogP contribution in [0.3, 0.4) is 0 Å². The van der Waals surface area contributed by atoms with Crippen molar-refractivity contribution in [1.29, 1.82) is 0 Å². The van der Waals surface area contributed by atoms with Crippen molar-refractivity contribution in [3.63, 3.8) is 0 Å². The third-order valence-corrected chi connectivity index (χ3v) is 2.06. The summed E-state index contributed by atoms with van der Waals surface area (Å²) in [5.74, 6) is 5.88. The summed E-state index contributed by atoms with van der Waals surface area (Å²) in [6.07, 6.45) is 5.04. The topological polar surface area (TPSA) is 17.8 Å². The third kappa shape index (κ3) is 2.12. The monoisotopic (exact) mass is 175 g/mol. The molecule has 13 heavy (non-hydrogen) atoms. The van der Waals surface area contributed by atoms with Gasteiger partial charge < -0.3 is 0 Å². The van der Waals surface area contributed by atoms with Crippen LogP contribution in [-0.2, 0) is 19.4 Å². The standard InChI is InChI=1S/C11H15N2/c1-4-7-8-13-11(6-3)10(5-2)9-12-13/h5-6,8H2,1-3H3. The van der Waals surface area contributed by atoms with Gasteiger partial charge in [-0.3, -0.25) is 4.68 Å². The number of aryl methyl sites for hydroxylation is 1. The average molecular weight is 175 g/mol. The Bertz CT molecular complexity index is 326. The van der Waals surface area contributed by atoms with Gasteiger partial charge in [0.1, 0.15) is 12.7 Å². The lowest BCUT2D eigenvalue weighted by molar-refractivity contribution is 0.670. The molecule has 0 atom stereocenters. The normalized spacial score (nSPS) is 9.46. The first kappa shape index (κ1) is 9.85. The summed E-state index contributed by atoms with van der Waals surface area (Å²) < 4.78 is 1.94. The number of aromatic nitrogens is 2. The quantitative estimate of drug-likeness (QED) is 0.641. The minimum atomic E-state index is 0.691. The largest absolute Gasteiger partial charge is 0.257 e. The van der Waals surface area contributed by atoms with Crippen LogP contribution in [0.25, 0.3) is 0 Å². The molecule has 0 saturated heterocycles. The molecule has 0 N–H and O–H groups in total. The van der Waals surface area contributed by atoms with Crippen LogP contribution >= 0.6 is 0 Å².